The van der Waals surface area contributed by atoms with Gasteiger partial charge in [-0.1, -0.05) is 6.92 Å². The zero-order valence-corrected chi connectivity index (χ0v) is 11.1. The minimum atomic E-state index is 0.222. The average Bonchev–Trinajstić information content (AvgIpc) is 2.14. The summed E-state index contributed by atoms with van der Waals surface area (Å²) in [5.74, 6) is 0. The first kappa shape index (κ1) is 14.9. The molecule has 0 aromatic carbocycles. The highest BCUT2D eigenvalue weighted by atomic mass is 16.5. The highest BCUT2D eigenvalue weighted by molar-refractivity contribution is 4.71. The fourth-order valence-electron chi connectivity index (χ4n) is 1.36. The largest absolute Gasteiger partial charge is 0.380 e. The SMILES string of the molecule is CCOCCN(CC)CCNC(C)(C)C. The molecule has 0 amide bonds. The number of nitrogens with zero attached hydrogens (tertiary/aromatic N) is 1. The van der Waals surface area contributed by atoms with Crippen molar-refractivity contribution in [2.24, 2.45) is 0 Å². The Kier molecular flexibility index (Phi) is 8.02. The predicted octanol–water partition coefficient (Wildman–Crippen LogP) is 1.73. The van der Waals surface area contributed by atoms with Crippen LogP contribution in [0.2, 0.25) is 0 Å². The van der Waals surface area contributed by atoms with Gasteiger partial charge in [0.15, 0.2) is 0 Å². The topological polar surface area (TPSA) is 24.5 Å². The quantitative estimate of drug-likeness (QED) is 0.625. The predicted molar refractivity (Wildman–Crippen MR) is 66.4 cm³/mol. The van der Waals surface area contributed by atoms with Crippen LogP contribution in [-0.2, 0) is 4.74 Å². The van der Waals surface area contributed by atoms with E-state index in [4.69, 9.17) is 4.74 Å². The third-order valence-corrected chi connectivity index (χ3v) is 2.29. The van der Waals surface area contributed by atoms with Crippen LogP contribution in [0.4, 0.5) is 0 Å². The van der Waals surface area contributed by atoms with Gasteiger partial charge in [0.2, 0.25) is 0 Å². The number of nitrogens with one attached hydrogen (secondary N) is 1. The van der Waals surface area contributed by atoms with E-state index in [0.29, 0.717) is 0 Å². The van der Waals surface area contributed by atoms with Crippen LogP contribution in [0.5, 0.6) is 0 Å². The number of ether oxygens (including phenoxy) is 1. The molecule has 0 unspecified atom stereocenters. The van der Waals surface area contributed by atoms with Gasteiger partial charge >= 0.3 is 0 Å². The van der Waals surface area contributed by atoms with Crippen molar-refractivity contribution >= 4 is 0 Å². The van der Waals surface area contributed by atoms with Crippen molar-refractivity contribution in [1.29, 1.82) is 0 Å². The first-order valence-corrected chi connectivity index (χ1v) is 6.04. The summed E-state index contributed by atoms with van der Waals surface area (Å²) in [6, 6.07) is 0. The second-order valence-corrected chi connectivity index (χ2v) is 4.81. The van der Waals surface area contributed by atoms with Gasteiger partial charge in [0.25, 0.3) is 0 Å². The molecule has 0 radical (unpaired) electrons. The summed E-state index contributed by atoms with van der Waals surface area (Å²) in [6.45, 7) is 16.8. The molecule has 0 bridgehead atoms. The van der Waals surface area contributed by atoms with Crippen molar-refractivity contribution in [1.82, 2.24) is 10.2 Å². The molecule has 0 aromatic heterocycles. The second-order valence-electron chi connectivity index (χ2n) is 4.81. The molecule has 0 saturated heterocycles. The molecule has 15 heavy (non-hydrogen) atoms. The Morgan fingerprint density at radius 2 is 1.80 bits per heavy atom. The van der Waals surface area contributed by atoms with E-state index in [9.17, 15) is 0 Å². The number of hydrogen-bond donors (Lipinski definition) is 1. The molecule has 0 atom stereocenters. The molecule has 0 saturated carbocycles. The second kappa shape index (κ2) is 8.08. The molecule has 3 heteroatoms. The van der Waals surface area contributed by atoms with Gasteiger partial charge in [0, 0.05) is 31.8 Å². The van der Waals surface area contributed by atoms with Gasteiger partial charge in [0.1, 0.15) is 0 Å². The normalized spacial score (nSPS) is 12.4. The molecule has 0 aliphatic heterocycles. The summed E-state index contributed by atoms with van der Waals surface area (Å²) in [6.07, 6.45) is 0. The monoisotopic (exact) mass is 216 g/mol. The molecule has 92 valence electrons. The zero-order chi connectivity index (χ0) is 11.7. The summed E-state index contributed by atoms with van der Waals surface area (Å²) in [7, 11) is 0. The molecule has 0 fully saturated rings. The van der Waals surface area contributed by atoms with Crippen LogP contribution in [0.1, 0.15) is 34.6 Å². The molecule has 0 heterocycles. The van der Waals surface area contributed by atoms with Crippen LogP contribution in [0.25, 0.3) is 0 Å². The lowest BCUT2D eigenvalue weighted by Gasteiger charge is -2.25. The lowest BCUT2D eigenvalue weighted by Crippen LogP contribution is -2.42. The van der Waals surface area contributed by atoms with Crippen LogP contribution in [-0.4, -0.2) is 49.8 Å². The molecule has 3 nitrogen and oxygen atoms in total. The smallest absolute Gasteiger partial charge is 0.0593 e. The van der Waals surface area contributed by atoms with Gasteiger partial charge in [-0.05, 0) is 34.2 Å². The van der Waals surface area contributed by atoms with E-state index in [2.05, 4.69) is 37.9 Å². The lowest BCUT2D eigenvalue weighted by molar-refractivity contribution is 0.115. The van der Waals surface area contributed by atoms with Crippen molar-refractivity contribution in [2.75, 3.05) is 39.4 Å². The van der Waals surface area contributed by atoms with Crippen LogP contribution in [0.3, 0.4) is 0 Å². The third-order valence-electron chi connectivity index (χ3n) is 2.29. The van der Waals surface area contributed by atoms with Crippen molar-refractivity contribution in [3.05, 3.63) is 0 Å². The van der Waals surface area contributed by atoms with E-state index < -0.39 is 0 Å². The Labute approximate surface area is 95.2 Å². The van der Waals surface area contributed by atoms with E-state index in [1.807, 2.05) is 6.92 Å². The average molecular weight is 216 g/mol. The Bertz CT molecular complexity index is 143. The first-order valence-electron chi connectivity index (χ1n) is 6.04. The number of hydrogen-bond acceptors (Lipinski definition) is 3. The fourth-order valence-corrected chi connectivity index (χ4v) is 1.36. The summed E-state index contributed by atoms with van der Waals surface area (Å²) in [5.41, 5.74) is 0.222. The first-order chi connectivity index (χ1) is 6.99. The molecule has 0 aromatic rings. The Balaban J connectivity index is 3.52. The standard InChI is InChI=1S/C12H28N2O/c1-6-14(10-11-15-7-2)9-8-13-12(3,4)5/h13H,6-11H2,1-5H3. The number of likely N-dealkylation sites (N-methyl/N-ethyl adjacent to an activating group) is 1. The third kappa shape index (κ3) is 10.2. The lowest BCUT2D eigenvalue weighted by atomic mass is 10.1. The Morgan fingerprint density at radius 1 is 1.13 bits per heavy atom. The highest BCUT2D eigenvalue weighted by Crippen LogP contribution is 1.97. The van der Waals surface area contributed by atoms with E-state index >= 15 is 0 Å². The molecule has 0 aliphatic rings. The Morgan fingerprint density at radius 3 is 2.27 bits per heavy atom. The van der Waals surface area contributed by atoms with E-state index in [1.165, 1.54) is 0 Å². The van der Waals surface area contributed by atoms with Gasteiger partial charge in [-0.2, -0.15) is 0 Å². The summed E-state index contributed by atoms with van der Waals surface area (Å²) in [5, 5.41) is 3.49. The minimum Gasteiger partial charge on any atom is -0.380 e. The van der Waals surface area contributed by atoms with E-state index in [1.54, 1.807) is 0 Å². The molecular weight excluding hydrogens is 188 g/mol. The van der Waals surface area contributed by atoms with Crippen LogP contribution in [0.15, 0.2) is 0 Å². The maximum atomic E-state index is 5.35. The van der Waals surface area contributed by atoms with Crippen molar-refractivity contribution in [3.63, 3.8) is 0 Å². The summed E-state index contributed by atoms with van der Waals surface area (Å²) < 4.78 is 5.35. The van der Waals surface area contributed by atoms with Crippen LogP contribution in [0, 0.1) is 0 Å². The van der Waals surface area contributed by atoms with Gasteiger partial charge in [-0.25, -0.2) is 0 Å². The van der Waals surface area contributed by atoms with Crippen molar-refractivity contribution in [3.8, 4) is 0 Å². The van der Waals surface area contributed by atoms with Crippen molar-refractivity contribution in [2.45, 2.75) is 40.2 Å². The fraction of sp³-hybridized carbons (Fsp3) is 1.00. The summed E-state index contributed by atoms with van der Waals surface area (Å²) in [4.78, 5) is 2.41. The highest BCUT2D eigenvalue weighted by Gasteiger charge is 2.09. The Hall–Kier alpha value is -0.120. The van der Waals surface area contributed by atoms with Crippen molar-refractivity contribution < 1.29 is 4.74 Å². The summed E-state index contributed by atoms with van der Waals surface area (Å²) >= 11 is 0. The molecular formula is C12H28N2O. The molecule has 1 N–H and O–H groups in total. The maximum Gasteiger partial charge on any atom is 0.0593 e. The molecule has 0 aliphatic carbocycles. The van der Waals surface area contributed by atoms with Crippen LogP contribution < -0.4 is 5.32 Å². The minimum absolute atomic E-state index is 0.222. The van der Waals surface area contributed by atoms with Crippen LogP contribution >= 0.6 is 0 Å². The van der Waals surface area contributed by atoms with Gasteiger partial charge in [-0.3, -0.25) is 0 Å². The van der Waals surface area contributed by atoms with Gasteiger partial charge in [-0.15, -0.1) is 0 Å². The van der Waals surface area contributed by atoms with E-state index in [0.717, 1.165) is 39.4 Å². The number of rotatable bonds is 8. The van der Waals surface area contributed by atoms with Gasteiger partial charge in [0.05, 0.1) is 6.61 Å². The van der Waals surface area contributed by atoms with E-state index in [-0.39, 0.29) is 5.54 Å². The molecule has 0 rings (SSSR count). The maximum absolute atomic E-state index is 5.35. The molecule has 0 spiro atoms. The van der Waals surface area contributed by atoms with Gasteiger partial charge < -0.3 is 15.0 Å². The zero-order valence-electron chi connectivity index (χ0n) is 11.1.